The third-order valence-corrected chi connectivity index (χ3v) is 2.78. The molecule has 1 N–H and O–H groups in total. The van der Waals surface area contributed by atoms with Gasteiger partial charge in [-0.15, -0.1) is 0 Å². The smallest absolute Gasteiger partial charge is 0.220 e. The predicted molar refractivity (Wildman–Crippen MR) is 80.4 cm³/mol. The molecule has 0 fully saturated rings. The van der Waals surface area contributed by atoms with Crippen molar-refractivity contribution < 1.29 is 14.3 Å². The van der Waals surface area contributed by atoms with Crippen LogP contribution in [0.1, 0.15) is 39.2 Å². The first-order valence-corrected chi connectivity index (χ1v) is 7.36. The fourth-order valence-corrected chi connectivity index (χ4v) is 1.85. The van der Waals surface area contributed by atoms with Gasteiger partial charge in [-0.2, -0.15) is 0 Å². The Kier molecular flexibility index (Phi) is 7.55. The van der Waals surface area contributed by atoms with Gasteiger partial charge in [-0.25, -0.2) is 0 Å². The van der Waals surface area contributed by atoms with Gasteiger partial charge in [0.25, 0.3) is 0 Å². The average Bonchev–Trinajstić information content (AvgIpc) is 2.45. The third kappa shape index (κ3) is 5.51. The van der Waals surface area contributed by atoms with Crippen molar-refractivity contribution in [2.75, 3.05) is 19.8 Å². The van der Waals surface area contributed by atoms with Gasteiger partial charge in [0.05, 0.1) is 13.2 Å². The maximum Gasteiger partial charge on any atom is 0.220 e. The zero-order valence-corrected chi connectivity index (χ0v) is 12.7. The Hall–Kier alpha value is -1.71. The van der Waals surface area contributed by atoms with Crippen LogP contribution in [0.3, 0.4) is 0 Å². The zero-order chi connectivity index (χ0) is 14.8. The molecule has 1 aromatic carbocycles. The summed E-state index contributed by atoms with van der Waals surface area (Å²) >= 11 is 0. The Labute approximate surface area is 121 Å². The van der Waals surface area contributed by atoms with E-state index >= 15 is 0 Å². The number of ether oxygens (including phenoxy) is 2. The number of rotatable bonds is 9. The zero-order valence-electron chi connectivity index (χ0n) is 12.7. The Morgan fingerprint density at radius 3 is 2.60 bits per heavy atom. The van der Waals surface area contributed by atoms with Crippen LogP contribution in [0.5, 0.6) is 11.5 Å². The minimum atomic E-state index is 0.0803. The largest absolute Gasteiger partial charge is 0.490 e. The number of carbonyl (C=O) groups is 1. The molecule has 20 heavy (non-hydrogen) atoms. The molecule has 0 aromatic heterocycles. The van der Waals surface area contributed by atoms with Gasteiger partial charge in [0.15, 0.2) is 11.5 Å². The fraction of sp³-hybridized carbons (Fsp3) is 0.562. The summed E-state index contributed by atoms with van der Waals surface area (Å²) in [7, 11) is 0. The molecule has 0 aliphatic heterocycles. The molecule has 1 amide bonds. The van der Waals surface area contributed by atoms with Crippen molar-refractivity contribution in [2.24, 2.45) is 0 Å². The second-order valence-corrected chi connectivity index (χ2v) is 4.52. The molecule has 0 heterocycles. The standard InChI is InChI=1S/C16H25NO3/c1-4-11-20-14-9-7-13(12-15(14)19-6-3)8-10-16(18)17-5-2/h7,9,12H,4-6,8,10-11H2,1-3H3,(H,17,18). The van der Waals surface area contributed by atoms with Gasteiger partial charge in [-0.1, -0.05) is 13.0 Å². The molecule has 0 saturated heterocycles. The highest BCUT2D eigenvalue weighted by atomic mass is 16.5. The van der Waals surface area contributed by atoms with Crippen molar-refractivity contribution in [3.63, 3.8) is 0 Å². The molecule has 0 saturated carbocycles. The summed E-state index contributed by atoms with van der Waals surface area (Å²) in [6, 6.07) is 5.88. The lowest BCUT2D eigenvalue weighted by Gasteiger charge is -2.13. The van der Waals surface area contributed by atoms with Gasteiger partial charge >= 0.3 is 0 Å². The maximum atomic E-state index is 11.5. The number of aryl methyl sites for hydroxylation is 1. The van der Waals surface area contributed by atoms with E-state index in [0.29, 0.717) is 32.6 Å². The minimum absolute atomic E-state index is 0.0803. The third-order valence-electron chi connectivity index (χ3n) is 2.78. The van der Waals surface area contributed by atoms with E-state index in [2.05, 4.69) is 12.2 Å². The van der Waals surface area contributed by atoms with E-state index in [9.17, 15) is 4.79 Å². The van der Waals surface area contributed by atoms with Crippen molar-refractivity contribution >= 4 is 5.91 Å². The highest BCUT2D eigenvalue weighted by molar-refractivity contribution is 5.76. The summed E-state index contributed by atoms with van der Waals surface area (Å²) in [6.45, 7) is 7.89. The van der Waals surface area contributed by atoms with Crippen molar-refractivity contribution in [1.29, 1.82) is 0 Å². The second-order valence-electron chi connectivity index (χ2n) is 4.52. The van der Waals surface area contributed by atoms with Crippen LogP contribution in [-0.2, 0) is 11.2 Å². The van der Waals surface area contributed by atoms with Crippen LogP contribution >= 0.6 is 0 Å². The van der Waals surface area contributed by atoms with E-state index in [-0.39, 0.29) is 5.91 Å². The van der Waals surface area contributed by atoms with E-state index in [0.717, 1.165) is 23.5 Å². The summed E-state index contributed by atoms with van der Waals surface area (Å²) < 4.78 is 11.3. The number of nitrogens with one attached hydrogen (secondary N) is 1. The van der Waals surface area contributed by atoms with Crippen LogP contribution in [0.2, 0.25) is 0 Å². The lowest BCUT2D eigenvalue weighted by atomic mass is 10.1. The highest BCUT2D eigenvalue weighted by Crippen LogP contribution is 2.29. The minimum Gasteiger partial charge on any atom is -0.490 e. The predicted octanol–water partition coefficient (Wildman–Crippen LogP) is 2.94. The molecule has 0 radical (unpaired) electrons. The summed E-state index contributed by atoms with van der Waals surface area (Å²) in [5, 5.41) is 2.80. The second kappa shape index (κ2) is 9.23. The first kappa shape index (κ1) is 16.3. The number of hydrogen-bond acceptors (Lipinski definition) is 3. The van der Waals surface area contributed by atoms with Gasteiger partial charge < -0.3 is 14.8 Å². The van der Waals surface area contributed by atoms with E-state index in [4.69, 9.17) is 9.47 Å². The molecule has 112 valence electrons. The number of carbonyl (C=O) groups excluding carboxylic acids is 1. The first-order valence-electron chi connectivity index (χ1n) is 7.36. The van der Waals surface area contributed by atoms with Gasteiger partial charge in [0, 0.05) is 13.0 Å². The summed E-state index contributed by atoms with van der Waals surface area (Å²) in [6.07, 6.45) is 2.17. The monoisotopic (exact) mass is 279 g/mol. The van der Waals surface area contributed by atoms with Crippen LogP contribution in [0, 0.1) is 0 Å². The van der Waals surface area contributed by atoms with E-state index in [1.54, 1.807) is 0 Å². The van der Waals surface area contributed by atoms with Crippen molar-refractivity contribution in [2.45, 2.75) is 40.0 Å². The Balaban J connectivity index is 2.68. The first-order chi connectivity index (χ1) is 9.71. The summed E-state index contributed by atoms with van der Waals surface area (Å²) in [4.78, 5) is 11.5. The lowest BCUT2D eigenvalue weighted by molar-refractivity contribution is -0.120. The fourth-order valence-electron chi connectivity index (χ4n) is 1.85. The molecule has 4 heteroatoms. The molecule has 1 aromatic rings. The SMILES string of the molecule is CCCOc1ccc(CCC(=O)NCC)cc1OCC. The van der Waals surface area contributed by atoms with E-state index < -0.39 is 0 Å². The molecule has 1 rings (SSSR count). The molecule has 0 spiro atoms. The highest BCUT2D eigenvalue weighted by Gasteiger charge is 2.08. The normalized spacial score (nSPS) is 10.2. The maximum absolute atomic E-state index is 11.5. The number of benzene rings is 1. The van der Waals surface area contributed by atoms with Crippen molar-refractivity contribution in [3.05, 3.63) is 23.8 Å². The van der Waals surface area contributed by atoms with Crippen LogP contribution in [-0.4, -0.2) is 25.7 Å². The van der Waals surface area contributed by atoms with E-state index in [1.807, 2.05) is 32.0 Å². The quantitative estimate of drug-likeness (QED) is 0.756. The van der Waals surface area contributed by atoms with Gasteiger partial charge in [0.1, 0.15) is 0 Å². The molecule has 0 aliphatic carbocycles. The number of hydrogen-bond donors (Lipinski definition) is 1. The van der Waals surface area contributed by atoms with Crippen molar-refractivity contribution in [1.82, 2.24) is 5.32 Å². The number of amides is 1. The molecular weight excluding hydrogens is 254 g/mol. The van der Waals surface area contributed by atoms with Gasteiger partial charge in [-0.05, 0) is 44.4 Å². The Bertz CT molecular complexity index is 418. The Morgan fingerprint density at radius 1 is 1.15 bits per heavy atom. The van der Waals surface area contributed by atoms with Crippen LogP contribution in [0.4, 0.5) is 0 Å². The van der Waals surface area contributed by atoms with Crippen LogP contribution in [0.25, 0.3) is 0 Å². The summed E-state index contributed by atoms with van der Waals surface area (Å²) in [5.41, 5.74) is 1.09. The molecule has 0 bridgehead atoms. The molecule has 0 aliphatic rings. The van der Waals surface area contributed by atoms with Crippen LogP contribution in [0.15, 0.2) is 18.2 Å². The topological polar surface area (TPSA) is 47.6 Å². The summed E-state index contributed by atoms with van der Waals surface area (Å²) in [5.74, 6) is 1.61. The lowest BCUT2D eigenvalue weighted by Crippen LogP contribution is -2.22. The average molecular weight is 279 g/mol. The molecule has 0 unspecified atom stereocenters. The Morgan fingerprint density at radius 2 is 1.95 bits per heavy atom. The van der Waals surface area contributed by atoms with Crippen molar-refractivity contribution in [3.8, 4) is 11.5 Å². The molecule has 0 atom stereocenters. The molecule has 4 nitrogen and oxygen atoms in total. The van der Waals surface area contributed by atoms with Gasteiger partial charge in [0.2, 0.25) is 5.91 Å². The molecular formula is C16H25NO3. The van der Waals surface area contributed by atoms with Crippen LogP contribution < -0.4 is 14.8 Å². The van der Waals surface area contributed by atoms with E-state index in [1.165, 1.54) is 0 Å². The van der Waals surface area contributed by atoms with Gasteiger partial charge in [-0.3, -0.25) is 4.79 Å².